The van der Waals surface area contributed by atoms with Crippen LogP contribution in [0.2, 0.25) is 0 Å². The number of thiophene rings is 1. The van der Waals surface area contributed by atoms with Crippen LogP contribution >= 0.6 is 11.3 Å². The van der Waals surface area contributed by atoms with Crippen LogP contribution in [0.25, 0.3) is 0 Å². The fourth-order valence-electron chi connectivity index (χ4n) is 1.83. The van der Waals surface area contributed by atoms with Crippen molar-refractivity contribution in [3.63, 3.8) is 0 Å². The van der Waals surface area contributed by atoms with Crippen molar-refractivity contribution in [3.05, 3.63) is 52.2 Å². The molecule has 0 radical (unpaired) electrons. The molecule has 0 aliphatic carbocycles. The van der Waals surface area contributed by atoms with Gasteiger partial charge in [0.1, 0.15) is 0 Å². The lowest BCUT2D eigenvalue weighted by Gasteiger charge is -2.17. The molecule has 0 N–H and O–H groups in total. The van der Waals surface area contributed by atoms with Crippen LogP contribution in [0, 0.1) is 0 Å². The molecule has 4 heteroatoms. The van der Waals surface area contributed by atoms with Gasteiger partial charge in [0.2, 0.25) is 0 Å². The van der Waals surface area contributed by atoms with Crippen molar-refractivity contribution in [2.45, 2.75) is 6.54 Å². The number of anilines is 1. The zero-order valence-electron chi connectivity index (χ0n) is 11.5. The van der Waals surface area contributed by atoms with Crippen molar-refractivity contribution in [3.8, 4) is 0 Å². The van der Waals surface area contributed by atoms with E-state index in [0.717, 1.165) is 11.3 Å². The Morgan fingerprint density at radius 2 is 1.79 bits per heavy atom. The molecule has 0 aliphatic heterocycles. The number of hydrogen-bond acceptors (Lipinski definition) is 3. The molecule has 1 aromatic heterocycles. The maximum atomic E-state index is 12.3. The van der Waals surface area contributed by atoms with Crippen molar-refractivity contribution in [2.24, 2.45) is 0 Å². The fraction of sp³-hybridized carbons (Fsp3) is 0.267. The second kappa shape index (κ2) is 5.89. The highest BCUT2D eigenvalue weighted by atomic mass is 32.1. The average Bonchev–Trinajstić information content (AvgIpc) is 2.90. The summed E-state index contributed by atoms with van der Waals surface area (Å²) in [7, 11) is 5.81. The number of nitrogens with zero attached hydrogens (tertiary/aromatic N) is 2. The Kier molecular flexibility index (Phi) is 4.22. The Balaban J connectivity index is 2.06. The average molecular weight is 274 g/mol. The van der Waals surface area contributed by atoms with E-state index in [-0.39, 0.29) is 5.91 Å². The smallest absolute Gasteiger partial charge is 0.253 e. The molecule has 0 fully saturated rings. The quantitative estimate of drug-likeness (QED) is 0.855. The summed E-state index contributed by atoms with van der Waals surface area (Å²) in [6.07, 6.45) is 0. The minimum absolute atomic E-state index is 0.0544. The molecule has 2 rings (SSSR count). The summed E-state index contributed by atoms with van der Waals surface area (Å²) in [5.74, 6) is 0.0544. The van der Waals surface area contributed by atoms with E-state index in [0.29, 0.717) is 6.54 Å². The largest absolute Gasteiger partial charge is 0.378 e. The van der Waals surface area contributed by atoms with Crippen molar-refractivity contribution < 1.29 is 4.79 Å². The second-order valence-electron chi connectivity index (χ2n) is 4.68. The van der Waals surface area contributed by atoms with Gasteiger partial charge < -0.3 is 9.80 Å². The van der Waals surface area contributed by atoms with E-state index in [1.54, 1.807) is 16.2 Å². The summed E-state index contributed by atoms with van der Waals surface area (Å²) in [5, 5.41) is 2.03. The number of carbonyl (C=O) groups is 1. The van der Waals surface area contributed by atoms with Gasteiger partial charge in [-0.3, -0.25) is 4.79 Å². The molecule has 1 aromatic carbocycles. The van der Waals surface area contributed by atoms with E-state index in [2.05, 4.69) is 0 Å². The van der Waals surface area contributed by atoms with Gasteiger partial charge in [-0.1, -0.05) is 6.07 Å². The predicted molar refractivity (Wildman–Crippen MR) is 80.9 cm³/mol. The highest BCUT2D eigenvalue weighted by Crippen LogP contribution is 2.16. The van der Waals surface area contributed by atoms with E-state index in [1.165, 1.54) is 4.88 Å². The van der Waals surface area contributed by atoms with E-state index in [1.807, 2.05) is 67.8 Å². The normalized spacial score (nSPS) is 10.3. The van der Waals surface area contributed by atoms with Gasteiger partial charge in [0.05, 0.1) is 6.54 Å². The number of rotatable bonds is 4. The van der Waals surface area contributed by atoms with Crippen LogP contribution in [0.3, 0.4) is 0 Å². The summed E-state index contributed by atoms with van der Waals surface area (Å²) in [6, 6.07) is 11.7. The van der Waals surface area contributed by atoms with E-state index in [4.69, 9.17) is 0 Å². The lowest BCUT2D eigenvalue weighted by atomic mass is 10.1. The van der Waals surface area contributed by atoms with E-state index in [9.17, 15) is 4.79 Å². The van der Waals surface area contributed by atoms with Gasteiger partial charge >= 0.3 is 0 Å². The highest BCUT2D eigenvalue weighted by molar-refractivity contribution is 7.09. The van der Waals surface area contributed by atoms with Crippen LogP contribution in [0.15, 0.2) is 41.8 Å². The van der Waals surface area contributed by atoms with Crippen LogP contribution < -0.4 is 4.90 Å². The molecule has 0 aliphatic rings. The Morgan fingerprint density at radius 3 is 2.32 bits per heavy atom. The topological polar surface area (TPSA) is 23.6 Å². The molecule has 0 bridgehead atoms. The Labute approximate surface area is 118 Å². The van der Waals surface area contributed by atoms with E-state index >= 15 is 0 Å². The number of carbonyl (C=O) groups excluding carboxylic acids is 1. The SMILES string of the molecule is CN(Cc1cccs1)C(=O)c1ccc(N(C)C)cc1. The van der Waals surface area contributed by atoms with Crippen molar-refractivity contribution in [2.75, 3.05) is 26.0 Å². The summed E-state index contributed by atoms with van der Waals surface area (Å²) >= 11 is 1.67. The molecule has 0 spiro atoms. The summed E-state index contributed by atoms with van der Waals surface area (Å²) < 4.78 is 0. The predicted octanol–water partition coefficient (Wildman–Crippen LogP) is 3.09. The van der Waals surface area contributed by atoms with Crippen molar-refractivity contribution in [1.82, 2.24) is 4.90 Å². The third-order valence-corrected chi connectivity index (χ3v) is 3.81. The van der Waals surface area contributed by atoms with Gasteiger partial charge in [0.25, 0.3) is 5.91 Å². The first-order valence-electron chi connectivity index (χ1n) is 6.13. The monoisotopic (exact) mass is 274 g/mol. The molecule has 0 atom stereocenters. The molecule has 3 nitrogen and oxygen atoms in total. The van der Waals surface area contributed by atoms with Crippen LogP contribution in [-0.4, -0.2) is 32.0 Å². The summed E-state index contributed by atoms with van der Waals surface area (Å²) in [6.45, 7) is 0.659. The Morgan fingerprint density at radius 1 is 1.11 bits per heavy atom. The van der Waals surface area contributed by atoms with Crippen molar-refractivity contribution in [1.29, 1.82) is 0 Å². The van der Waals surface area contributed by atoms with Crippen molar-refractivity contribution >= 4 is 22.9 Å². The van der Waals surface area contributed by atoms with Gasteiger partial charge in [-0.15, -0.1) is 11.3 Å². The Bertz CT molecular complexity index is 532. The zero-order valence-corrected chi connectivity index (χ0v) is 12.3. The van der Waals surface area contributed by atoms with Gasteiger partial charge in [0.15, 0.2) is 0 Å². The summed E-state index contributed by atoms with van der Waals surface area (Å²) in [4.78, 5) is 17.2. The lowest BCUT2D eigenvalue weighted by Crippen LogP contribution is -2.25. The van der Waals surface area contributed by atoms with E-state index < -0.39 is 0 Å². The molecule has 0 saturated heterocycles. The minimum Gasteiger partial charge on any atom is -0.378 e. The van der Waals surface area contributed by atoms with Crippen LogP contribution in [0.1, 0.15) is 15.2 Å². The standard InChI is InChI=1S/C15H18N2OS/c1-16(2)13-8-6-12(7-9-13)15(18)17(3)11-14-5-4-10-19-14/h4-10H,11H2,1-3H3. The third-order valence-electron chi connectivity index (χ3n) is 2.95. The molecule has 0 unspecified atom stereocenters. The first kappa shape index (κ1) is 13.6. The van der Waals surface area contributed by atoms with Crippen LogP contribution in [0.5, 0.6) is 0 Å². The number of hydrogen-bond donors (Lipinski definition) is 0. The minimum atomic E-state index is 0.0544. The maximum Gasteiger partial charge on any atom is 0.253 e. The first-order chi connectivity index (χ1) is 9.08. The number of benzene rings is 1. The summed E-state index contributed by atoms with van der Waals surface area (Å²) in [5.41, 5.74) is 1.82. The first-order valence-corrected chi connectivity index (χ1v) is 7.01. The molecule has 1 amide bonds. The zero-order chi connectivity index (χ0) is 13.8. The molecule has 0 saturated carbocycles. The van der Waals surface area contributed by atoms with Gasteiger partial charge in [-0.05, 0) is 35.7 Å². The molecular formula is C15H18N2OS. The van der Waals surface area contributed by atoms with Gasteiger partial charge in [0, 0.05) is 37.3 Å². The fourth-order valence-corrected chi connectivity index (χ4v) is 2.59. The molecule has 2 aromatic rings. The lowest BCUT2D eigenvalue weighted by molar-refractivity contribution is 0.0786. The third kappa shape index (κ3) is 3.35. The molecule has 1 heterocycles. The maximum absolute atomic E-state index is 12.3. The Hall–Kier alpha value is -1.81. The van der Waals surface area contributed by atoms with Crippen LogP contribution in [-0.2, 0) is 6.54 Å². The van der Waals surface area contributed by atoms with Gasteiger partial charge in [-0.25, -0.2) is 0 Å². The second-order valence-corrected chi connectivity index (χ2v) is 5.71. The molecular weight excluding hydrogens is 256 g/mol. The number of amides is 1. The molecule has 19 heavy (non-hydrogen) atoms. The van der Waals surface area contributed by atoms with Crippen LogP contribution in [0.4, 0.5) is 5.69 Å². The van der Waals surface area contributed by atoms with Gasteiger partial charge in [-0.2, -0.15) is 0 Å². The highest BCUT2D eigenvalue weighted by Gasteiger charge is 2.12. The molecule has 100 valence electrons.